The van der Waals surface area contributed by atoms with Crippen LogP contribution in [0.1, 0.15) is 47.2 Å². The molecule has 3 nitrogen and oxygen atoms in total. The molecule has 0 radical (unpaired) electrons. The normalized spacial score (nSPS) is 13.7. The first kappa shape index (κ1) is 20.7. The highest BCUT2D eigenvalue weighted by molar-refractivity contribution is 6.31. The van der Waals surface area contributed by atoms with Crippen LogP contribution in [0.5, 0.6) is 0 Å². The summed E-state index contributed by atoms with van der Waals surface area (Å²) in [6, 6.07) is 14.1. The number of aliphatic imine (C=N–C) groups is 1. The summed E-state index contributed by atoms with van der Waals surface area (Å²) in [5, 5.41) is 0.734. The number of hydrogen-bond donors (Lipinski definition) is 0. The molecule has 0 unspecified atom stereocenters. The number of benzene rings is 2. The van der Waals surface area contributed by atoms with Gasteiger partial charge in [-0.1, -0.05) is 48.3 Å². The van der Waals surface area contributed by atoms with Gasteiger partial charge in [-0.05, 0) is 47.4 Å². The van der Waals surface area contributed by atoms with Gasteiger partial charge in [-0.2, -0.15) is 0 Å². The van der Waals surface area contributed by atoms with Gasteiger partial charge in [-0.15, -0.1) is 0 Å². The number of ketones is 1. The van der Waals surface area contributed by atoms with Gasteiger partial charge in [0.25, 0.3) is 0 Å². The Bertz CT molecular complexity index is 1160. The minimum absolute atomic E-state index is 0.0530. The molecule has 0 bridgehead atoms. The van der Waals surface area contributed by atoms with Crippen molar-refractivity contribution in [2.45, 2.75) is 32.2 Å². The fourth-order valence-electron chi connectivity index (χ4n) is 3.67. The quantitative estimate of drug-likeness (QED) is 0.458. The van der Waals surface area contributed by atoms with Crippen molar-refractivity contribution >= 4 is 34.7 Å². The minimum atomic E-state index is -0.458. The molecule has 2 aromatic carbocycles. The number of carbonyl (C=O) groups excluding carboxylic acids is 1. The van der Waals surface area contributed by atoms with Gasteiger partial charge < -0.3 is 0 Å². The molecule has 4 rings (SSSR count). The van der Waals surface area contributed by atoms with Crippen molar-refractivity contribution in [2.75, 3.05) is 0 Å². The lowest BCUT2D eigenvalue weighted by atomic mass is 9.94. The molecule has 1 aromatic heterocycles. The zero-order chi connectivity index (χ0) is 21.3. The zero-order valence-corrected chi connectivity index (χ0v) is 17.8. The standard InChI is InChI=1S/C24H19Cl2FN2O/c1-14(15-5-6-23(27)22(26)10-15)7-20(30)11-19-9-17-12-29-24(21(17)13-28-19)16-3-2-4-18(25)8-16/h2-6,8-10,13-14H,7,11-12H2,1H3/t14-/m0/s1. The van der Waals surface area contributed by atoms with E-state index in [1.807, 2.05) is 37.3 Å². The number of Topliss-reactive ketones (excluding diaryl/α,β-unsaturated/α-hetero) is 1. The Morgan fingerprint density at radius 1 is 1.17 bits per heavy atom. The van der Waals surface area contributed by atoms with Gasteiger partial charge >= 0.3 is 0 Å². The predicted octanol–water partition coefficient (Wildman–Crippen LogP) is 6.18. The molecular weight excluding hydrogens is 422 g/mol. The Labute approximate surface area is 184 Å². The van der Waals surface area contributed by atoms with E-state index in [1.165, 1.54) is 6.07 Å². The van der Waals surface area contributed by atoms with Crippen LogP contribution >= 0.6 is 23.2 Å². The number of carbonyl (C=O) groups is 1. The van der Waals surface area contributed by atoms with E-state index in [2.05, 4.69) is 9.98 Å². The van der Waals surface area contributed by atoms with Crippen LogP contribution in [0.3, 0.4) is 0 Å². The average Bonchev–Trinajstić information content (AvgIpc) is 3.13. The van der Waals surface area contributed by atoms with Crippen LogP contribution in [0.15, 0.2) is 59.7 Å². The highest BCUT2D eigenvalue weighted by atomic mass is 35.5. The van der Waals surface area contributed by atoms with Crippen LogP contribution in [0.25, 0.3) is 0 Å². The molecule has 30 heavy (non-hydrogen) atoms. The minimum Gasteiger partial charge on any atom is -0.299 e. The molecule has 0 fully saturated rings. The van der Waals surface area contributed by atoms with Crippen LogP contribution in [-0.4, -0.2) is 16.5 Å². The third kappa shape index (κ3) is 4.45. The summed E-state index contributed by atoms with van der Waals surface area (Å²) in [4.78, 5) is 21.7. The Morgan fingerprint density at radius 3 is 2.77 bits per heavy atom. The summed E-state index contributed by atoms with van der Waals surface area (Å²) in [7, 11) is 0. The number of rotatable bonds is 6. The number of fused-ring (bicyclic) bond motifs is 1. The Morgan fingerprint density at radius 2 is 2.00 bits per heavy atom. The Balaban J connectivity index is 1.44. The molecule has 6 heteroatoms. The van der Waals surface area contributed by atoms with Crippen LogP contribution in [0, 0.1) is 5.82 Å². The van der Waals surface area contributed by atoms with E-state index in [9.17, 15) is 9.18 Å². The summed E-state index contributed by atoms with van der Waals surface area (Å²) >= 11 is 12.0. The van der Waals surface area contributed by atoms with Gasteiger partial charge in [0.15, 0.2) is 0 Å². The van der Waals surface area contributed by atoms with Crippen molar-refractivity contribution in [3.63, 3.8) is 0 Å². The van der Waals surface area contributed by atoms with E-state index in [-0.39, 0.29) is 23.1 Å². The van der Waals surface area contributed by atoms with Crippen LogP contribution in [0.4, 0.5) is 4.39 Å². The van der Waals surface area contributed by atoms with Crippen molar-refractivity contribution in [3.8, 4) is 0 Å². The number of hydrogen-bond acceptors (Lipinski definition) is 3. The van der Waals surface area contributed by atoms with E-state index < -0.39 is 5.82 Å². The SMILES string of the molecule is C[C@@H](CC(=O)Cc1cc2c(cn1)C(c1cccc(Cl)c1)=NC2)c1ccc(F)c(Cl)c1. The molecule has 0 N–H and O–H groups in total. The molecule has 2 heterocycles. The van der Waals surface area contributed by atoms with E-state index in [0.717, 1.165) is 33.7 Å². The van der Waals surface area contributed by atoms with E-state index in [0.29, 0.717) is 18.0 Å². The van der Waals surface area contributed by atoms with Gasteiger partial charge in [0.05, 0.1) is 17.3 Å². The monoisotopic (exact) mass is 440 g/mol. The number of aromatic nitrogens is 1. The molecule has 0 spiro atoms. The van der Waals surface area contributed by atoms with Crippen molar-refractivity contribution in [3.05, 3.63) is 98.5 Å². The van der Waals surface area contributed by atoms with Crippen LogP contribution < -0.4 is 0 Å². The van der Waals surface area contributed by atoms with Crippen molar-refractivity contribution in [1.29, 1.82) is 0 Å². The predicted molar refractivity (Wildman–Crippen MR) is 118 cm³/mol. The summed E-state index contributed by atoms with van der Waals surface area (Å²) in [6.45, 7) is 2.49. The van der Waals surface area contributed by atoms with Crippen molar-refractivity contribution in [2.24, 2.45) is 4.99 Å². The Kier molecular flexibility index (Phi) is 5.98. The molecule has 3 aromatic rings. The van der Waals surface area contributed by atoms with Gasteiger partial charge in [0, 0.05) is 40.9 Å². The third-order valence-electron chi connectivity index (χ3n) is 5.23. The average molecular weight is 441 g/mol. The molecule has 0 saturated heterocycles. The molecule has 1 aliphatic heterocycles. The fourth-order valence-corrected chi connectivity index (χ4v) is 4.05. The topological polar surface area (TPSA) is 42.3 Å². The van der Waals surface area contributed by atoms with Crippen molar-refractivity contribution < 1.29 is 9.18 Å². The second kappa shape index (κ2) is 8.66. The summed E-state index contributed by atoms with van der Waals surface area (Å²) < 4.78 is 13.4. The van der Waals surface area contributed by atoms with Crippen LogP contribution in [-0.2, 0) is 17.8 Å². The maximum Gasteiger partial charge on any atom is 0.141 e. The lowest BCUT2D eigenvalue weighted by molar-refractivity contribution is -0.118. The maximum absolute atomic E-state index is 13.4. The Hall–Kier alpha value is -2.56. The first-order valence-corrected chi connectivity index (χ1v) is 10.4. The molecule has 1 aliphatic rings. The first-order chi connectivity index (χ1) is 14.4. The number of nitrogens with zero attached hydrogens (tertiary/aromatic N) is 2. The number of halogens is 3. The van der Waals surface area contributed by atoms with Gasteiger partial charge in [0.1, 0.15) is 11.6 Å². The lowest BCUT2D eigenvalue weighted by Gasteiger charge is -2.12. The summed E-state index contributed by atoms with van der Waals surface area (Å²) in [5.41, 5.74) is 5.43. The summed E-state index contributed by atoms with van der Waals surface area (Å²) in [6.07, 6.45) is 2.37. The fraction of sp³-hybridized carbons (Fsp3) is 0.208. The van der Waals surface area contributed by atoms with E-state index in [4.69, 9.17) is 23.2 Å². The van der Waals surface area contributed by atoms with E-state index >= 15 is 0 Å². The molecular formula is C24H19Cl2FN2O. The second-order valence-corrected chi connectivity index (χ2v) is 8.35. The van der Waals surface area contributed by atoms with Gasteiger partial charge in [-0.3, -0.25) is 14.8 Å². The maximum atomic E-state index is 13.4. The molecule has 0 aliphatic carbocycles. The molecule has 152 valence electrons. The van der Waals surface area contributed by atoms with Gasteiger partial charge in [0.2, 0.25) is 0 Å². The smallest absolute Gasteiger partial charge is 0.141 e. The van der Waals surface area contributed by atoms with Crippen LogP contribution in [0.2, 0.25) is 10.0 Å². The molecule has 0 saturated carbocycles. The van der Waals surface area contributed by atoms with E-state index in [1.54, 1.807) is 18.3 Å². The second-order valence-electron chi connectivity index (χ2n) is 7.50. The number of pyridine rings is 1. The third-order valence-corrected chi connectivity index (χ3v) is 5.76. The van der Waals surface area contributed by atoms with Crippen molar-refractivity contribution in [1.82, 2.24) is 4.98 Å². The largest absolute Gasteiger partial charge is 0.299 e. The lowest BCUT2D eigenvalue weighted by Crippen LogP contribution is -2.10. The molecule has 1 atom stereocenters. The highest BCUT2D eigenvalue weighted by Gasteiger charge is 2.20. The van der Waals surface area contributed by atoms with Gasteiger partial charge in [-0.25, -0.2) is 4.39 Å². The molecule has 0 amide bonds. The first-order valence-electron chi connectivity index (χ1n) is 9.66. The zero-order valence-electron chi connectivity index (χ0n) is 16.3. The highest BCUT2D eigenvalue weighted by Crippen LogP contribution is 2.27. The summed E-state index contributed by atoms with van der Waals surface area (Å²) in [5.74, 6) is -0.437.